The number of hydrogen-bond acceptors (Lipinski definition) is 3. The van der Waals surface area contributed by atoms with Crippen molar-refractivity contribution in [2.45, 2.75) is 0 Å². The molecule has 3 aromatic rings. The number of thiophene rings is 1. The topological polar surface area (TPSA) is 59.3 Å². The molecule has 3 rings (SSSR count). The summed E-state index contributed by atoms with van der Waals surface area (Å²) in [5.74, 6) is -3.72. The number of hydrogen-bond donors (Lipinski definition) is 1. The number of carboxylic acids is 1. The molecule has 7 heteroatoms. The molecule has 106 valence electrons. The van der Waals surface area contributed by atoms with E-state index in [0.717, 1.165) is 18.3 Å². The van der Waals surface area contributed by atoms with Crippen molar-refractivity contribution in [1.29, 1.82) is 0 Å². The molecule has 0 atom stereocenters. The Labute approximate surface area is 120 Å². The normalized spacial score (nSPS) is 11.0. The molecule has 1 N–H and O–H groups in total. The maximum absolute atomic E-state index is 13.5. The van der Waals surface area contributed by atoms with Crippen LogP contribution >= 0.6 is 11.3 Å². The second-order valence-corrected chi connectivity index (χ2v) is 5.21. The summed E-state index contributed by atoms with van der Waals surface area (Å²) in [5, 5.41) is 11.3. The highest BCUT2D eigenvalue weighted by atomic mass is 32.1. The molecule has 0 amide bonds. The SMILES string of the molecule is O=C(O)c1cn(-c2cccs2)c2cc(F)c(F)cc2c1=O. The molecule has 0 saturated carbocycles. The monoisotopic (exact) mass is 307 g/mol. The van der Waals surface area contributed by atoms with Gasteiger partial charge in [-0.2, -0.15) is 0 Å². The molecule has 2 aromatic heterocycles. The fraction of sp³-hybridized carbons (Fsp3) is 0. The second-order valence-electron chi connectivity index (χ2n) is 4.28. The molecule has 21 heavy (non-hydrogen) atoms. The molecule has 0 aliphatic carbocycles. The van der Waals surface area contributed by atoms with Crippen molar-refractivity contribution in [2.75, 3.05) is 0 Å². The van der Waals surface area contributed by atoms with Gasteiger partial charge in [0.2, 0.25) is 5.43 Å². The maximum Gasteiger partial charge on any atom is 0.341 e. The molecule has 0 spiro atoms. The summed E-state index contributed by atoms with van der Waals surface area (Å²) in [6.45, 7) is 0. The van der Waals surface area contributed by atoms with Crippen LogP contribution < -0.4 is 5.43 Å². The Kier molecular flexibility index (Phi) is 3.06. The smallest absolute Gasteiger partial charge is 0.341 e. The zero-order chi connectivity index (χ0) is 15.1. The number of carboxylic acid groups (broad SMARTS) is 1. The lowest BCUT2D eigenvalue weighted by Gasteiger charge is -2.10. The number of aromatic carboxylic acids is 1. The lowest BCUT2D eigenvalue weighted by atomic mass is 10.1. The summed E-state index contributed by atoms with van der Waals surface area (Å²) in [6.07, 6.45) is 1.12. The third kappa shape index (κ3) is 2.11. The maximum atomic E-state index is 13.5. The van der Waals surface area contributed by atoms with E-state index in [9.17, 15) is 18.4 Å². The molecule has 0 fully saturated rings. The van der Waals surface area contributed by atoms with E-state index in [1.807, 2.05) is 0 Å². The summed E-state index contributed by atoms with van der Waals surface area (Å²) in [6, 6.07) is 5.02. The average Bonchev–Trinajstić information content (AvgIpc) is 2.95. The minimum Gasteiger partial charge on any atom is -0.477 e. The van der Waals surface area contributed by atoms with Crippen LogP contribution in [0.4, 0.5) is 8.78 Å². The van der Waals surface area contributed by atoms with Crippen molar-refractivity contribution in [3.8, 4) is 5.00 Å². The van der Waals surface area contributed by atoms with Crippen molar-refractivity contribution >= 4 is 28.2 Å². The molecule has 0 bridgehead atoms. The number of nitrogens with zero attached hydrogens (tertiary/aromatic N) is 1. The number of benzene rings is 1. The van der Waals surface area contributed by atoms with Crippen molar-refractivity contribution in [2.24, 2.45) is 0 Å². The Hall–Kier alpha value is -2.54. The molecule has 2 heterocycles. The van der Waals surface area contributed by atoms with E-state index in [4.69, 9.17) is 5.11 Å². The fourth-order valence-corrected chi connectivity index (χ4v) is 2.78. The first-order chi connectivity index (χ1) is 9.99. The first-order valence-corrected chi connectivity index (χ1v) is 6.68. The van der Waals surface area contributed by atoms with Crippen molar-refractivity contribution in [1.82, 2.24) is 4.57 Å². The molecule has 0 saturated heterocycles. The number of aromatic nitrogens is 1. The van der Waals surface area contributed by atoms with E-state index in [0.29, 0.717) is 5.00 Å². The Bertz CT molecular complexity index is 916. The second kappa shape index (κ2) is 4.78. The van der Waals surface area contributed by atoms with Gasteiger partial charge in [-0.25, -0.2) is 13.6 Å². The zero-order valence-corrected chi connectivity index (χ0v) is 11.2. The number of rotatable bonds is 2. The Morgan fingerprint density at radius 3 is 2.57 bits per heavy atom. The Morgan fingerprint density at radius 2 is 1.95 bits per heavy atom. The number of fused-ring (bicyclic) bond motifs is 1. The minimum atomic E-state index is -1.42. The van der Waals surface area contributed by atoms with Crippen LogP contribution in [0.3, 0.4) is 0 Å². The molecule has 0 aliphatic rings. The number of halogens is 2. The first-order valence-electron chi connectivity index (χ1n) is 5.80. The van der Waals surface area contributed by atoms with Gasteiger partial charge in [0.15, 0.2) is 11.6 Å². The predicted octanol–water partition coefficient (Wildman–Crippen LogP) is 3.03. The van der Waals surface area contributed by atoms with E-state index < -0.39 is 28.6 Å². The quantitative estimate of drug-likeness (QED) is 0.791. The Balaban J connectivity index is 2.51. The number of pyridine rings is 1. The third-order valence-corrected chi connectivity index (χ3v) is 3.89. The van der Waals surface area contributed by atoms with Crippen LogP contribution in [-0.2, 0) is 0 Å². The first kappa shape index (κ1) is 13.4. The fourth-order valence-electron chi connectivity index (χ4n) is 2.06. The van der Waals surface area contributed by atoms with E-state index in [1.165, 1.54) is 15.9 Å². The molecular formula is C14H7F2NO3S. The molecule has 4 nitrogen and oxygen atoms in total. The summed E-state index contributed by atoms with van der Waals surface area (Å²) >= 11 is 1.28. The van der Waals surface area contributed by atoms with Crippen molar-refractivity contribution in [3.63, 3.8) is 0 Å². The lowest BCUT2D eigenvalue weighted by molar-refractivity contribution is 0.0695. The predicted molar refractivity (Wildman–Crippen MR) is 74.3 cm³/mol. The summed E-state index contributed by atoms with van der Waals surface area (Å²) in [5.41, 5.74) is -1.22. The zero-order valence-electron chi connectivity index (χ0n) is 10.3. The van der Waals surface area contributed by atoms with Gasteiger partial charge in [-0.05, 0) is 23.6 Å². The standard InChI is InChI=1S/C14H7F2NO3S/c15-9-4-7-11(5-10(9)16)17(12-2-1-3-21-12)6-8(13(7)18)14(19)20/h1-6H,(H,19,20). The van der Waals surface area contributed by atoms with Gasteiger partial charge in [-0.1, -0.05) is 0 Å². The highest BCUT2D eigenvalue weighted by Gasteiger charge is 2.17. The van der Waals surface area contributed by atoms with Crippen molar-refractivity contribution < 1.29 is 18.7 Å². The van der Waals surface area contributed by atoms with Gasteiger partial charge in [0.1, 0.15) is 5.56 Å². The van der Waals surface area contributed by atoms with Gasteiger partial charge >= 0.3 is 5.97 Å². The van der Waals surface area contributed by atoms with Crippen molar-refractivity contribution in [3.05, 3.63) is 63.3 Å². The van der Waals surface area contributed by atoms with Crippen LogP contribution in [0.2, 0.25) is 0 Å². The van der Waals surface area contributed by atoms with E-state index in [-0.39, 0.29) is 10.9 Å². The average molecular weight is 307 g/mol. The highest BCUT2D eigenvalue weighted by Crippen LogP contribution is 2.23. The van der Waals surface area contributed by atoms with Gasteiger partial charge in [0.25, 0.3) is 0 Å². The van der Waals surface area contributed by atoms with E-state index >= 15 is 0 Å². The molecular weight excluding hydrogens is 300 g/mol. The third-order valence-electron chi connectivity index (χ3n) is 3.02. The van der Waals surface area contributed by atoms with Gasteiger partial charge in [-0.15, -0.1) is 11.3 Å². The van der Waals surface area contributed by atoms with E-state index in [2.05, 4.69) is 0 Å². The van der Waals surface area contributed by atoms with Gasteiger partial charge in [-0.3, -0.25) is 4.79 Å². The Morgan fingerprint density at radius 1 is 1.24 bits per heavy atom. The largest absolute Gasteiger partial charge is 0.477 e. The molecule has 0 aliphatic heterocycles. The van der Waals surface area contributed by atoms with Crippen LogP contribution in [0.15, 0.2) is 40.6 Å². The van der Waals surface area contributed by atoms with Crippen LogP contribution in [0.1, 0.15) is 10.4 Å². The summed E-state index contributed by atoms with van der Waals surface area (Å²) in [7, 11) is 0. The van der Waals surface area contributed by atoms with Crippen LogP contribution in [0.5, 0.6) is 0 Å². The van der Waals surface area contributed by atoms with Gasteiger partial charge in [0.05, 0.1) is 15.9 Å². The number of carbonyl (C=O) groups is 1. The summed E-state index contributed by atoms with van der Waals surface area (Å²) < 4.78 is 28.2. The molecule has 0 unspecified atom stereocenters. The summed E-state index contributed by atoms with van der Waals surface area (Å²) in [4.78, 5) is 23.2. The van der Waals surface area contributed by atoms with E-state index in [1.54, 1.807) is 17.5 Å². The minimum absolute atomic E-state index is 0.117. The van der Waals surface area contributed by atoms with Gasteiger partial charge in [0, 0.05) is 12.3 Å². The van der Waals surface area contributed by atoms with Crippen LogP contribution in [0.25, 0.3) is 15.9 Å². The highest BCUT2D eigenvalue weighted by molar-refractivity contribution is 7.12. The van der Waals surface area contributed by atoms with Crippen LogP contribution in [0, 0.1) is 11.6 Å². The molecule has 1 aromatic carbocycles. The lowest BCUT2D eigenvalue weighted by Crippen LogP contribution is -2.18. The van der Waals surface area contributed by atoms with Gasteiger partial charge < -0.3 is 9.67 Å². The molecule has 0 radical (unpaired) electrons. The van der Waals surface area contributed by atoms with Crippen LogP contribution in [-0.4, -0.2) is 15.6 Å².